The molecule has 1 aromatic carbocycles. The van der Waals surface area contributed by atoms with E-state index in [-0.39, 0.29) is 6.04 Å². The molecule has 2 aromatic rings. The first-order chi connectivity index (χ1) is 8.60. The lowest BCUT2D eigenvalue weighted by Gasteiger charge is -2.14. The Morgan fingerprint density at radius 1 is 1.39 bits per heavy atom. The summed E-state index contributed by atoms with van der Waals surface area (Å²) in [5.41, 5.74) is 3.89. The molecule has 0 amide bonds. The minimum Gasteiger partial charge on any atom is -0.271 e. The van der Waals surface area contributed by atoms with E-state index in [0.717, 1.165) is 21.9 Å². The van der Waals surface area contributed by atoms with Crippen LogP contribution in [0.4, 0.5) is 0 Å². The van der Waals surface area contributed by atoms with Gasteiger partial charge < -0.3 is 0 Å². The van der Waals surface area contributed by atoms with Crippen molar-refractivity contribution in [3.63, 3.8) is 0 Å². The Labute approximate surface area is 120 Å². The Balaban J connectivity index is 2.17. The van der Waals surface area contributed by atoms with Gasteiger partial charge in [-0.3, -0.25) is 11.3 Å². The Hall–Kier alpha value is -0.650. The van der Waals surface area contributed by atoms with Gasteiger partial charge in [0.15, 0.2) is 0 Å². The number of nitrogens with zero attached hydrogens (tertiary/aromatic N) is 1. The van der Waals surface area contributed by atoms with Gasteiger partial charge in [-0.05, 0) is 31.0 Å². The van der Waals surface area contributed by atoms with Crippen LogP contribution in [0, 0.1) is 6.92 Å². The number of aryl methyl sites for hydroxylation is 1. The lowest BCUT2D eigenvalue weighted by Crippen LogP contribution is -2.28. The zero-order chi connectivity index (χ0) is 13.1. The topological polar surface area (TPSA) is 50.9 Å². The molecule has 1 unspecified atom stereocenters. The minimum absolute atomic E-state index is 0.0356. The van der Waals surface area contributed by atoms with Gasteiger partial charge in [0.05, 0.1) is 21.1 Å². The summed E-state index contributed by atoms with van der Waals surface area (Å²) < 4.78 is 0. The van der Waals surface area contributed by atoms with E-state index < -0.39 is 0 Å². The Morgan fingerprint density at radius 3 is 2.72 bits per heavy atom. The lowest BCUT2D eigenvalue weighted by molar-refractivity contribution is 0.560. The van der Waals surface area contributed by atoms with Crippen molar-refractivity contribution in [2.75, 3.05) is 0 Å². The van der Waals surface area contributed by atoms with Crippen LogP contribution in [0.15, 0.2) is 24.4 Å². The molecule has 0 aliphatic heterocycles. The first-order valence-corrected chi connectivity index (χ1v) is 6.99. The highest BCUT2D eigenvalue weighted by atomic mass is 35.5. The average Bonchev–Trinajstić information content (AvgIpc) is 2.77. The summed E-state index contributed by atoms with van der Waals surface area (Å²) >= 11 is 13.5. The van der Waals surface area contributed by atoms with Crippen molar-refractivity contribution < 1.29 is 0 Å². The molecule has 0 saturated carbocycles. The molecule has 3 nitrogen and oxygen atoms in total. The van der Waals surface area contributed by atoms with E-state index in [0.29, 0.717) is 10.0 Å². The van der Waals surface area contributed by atoms with E-state index in [9.17, 15) is 0 Å². The summed E-state index contributed by atoms with van der Waals surface area (Å²) in [4.78, 5) is 5.35. The van der Waals surface area contributed by atoms with Crippen molar-refractivity contribution in [2.24, 2.45) is 5.84 Å². The molecule has 0 spiro atoms. The summed E-state index contributed by atoms with van der Waals surface area (Å²) in [5, 5.41) is 2.15. The summed E-state index contributed by atoms with van der Waals surface area (Å²) in [7, 11) is 0. The molecule has 0 aliphatic rings. The number of hydrazine groups is 1. The molecule has 1 atom stereocenters. The zero-order valence-corrected chi connectivity index (χ0v) is 12.1. The summed E-state index contributed by atoms with van der Waals surface area (Å²) in [6.45, 7) is 1.97. The van der Waals surface area contributed by atoms with Gasteiger partial charge in [0.2, 0.25) is 0 Å². The van der Waals surface area contributed by atoms with Crippen LogP contribution in [0.1, 0.15) is 21.5 Å². The number of nitrogens with one attached hydrogen (secondary N) is 1. The highest BCUT2D eigenvalue weighted by Gasteiger charge is 2.14. The SMILES string of the molecule is Cc1ncc(C(Cc2ccc(Cl)c(Cl)c2)NN)s1. The molecule has 1 heterocycles. The number of rotatable bonds is 4. The third-order valence-electron chi connectivity index (χ3n) is 2.61. The van der Waals surface area contributed by atoms with Gasteiger partial charge in [-0.2, -0.15) is 0 Å². The van der Waals surface area contributed by atoms with E-state index >= 15 is 0 Å². The first kappa shape index (κ1) is 13.8. The number of thiazole rings is 1. The summed E-state index contributed by atoms with van der Waals surface area (Å²) in [6.07, 6.45) is 2.59. The highest BCUT2D eigenvalue weighted by Crippen LogP contribution is 2.27. The Kier molecular flexibility index (Phi) is 4.59. The first-order valence-electron chi connectivity index (χ1n) is 5.42. The molecule has 3 N–H and O–H groups in total. The maximum Gasteiger partial charge on any atom is 0.0897 e. The molecule has 18 heavy (non-hydrogen) atoms. The van der Waals surface area contributed by atoms with Crippen LogP contribution in [0.25, 0.3) is 0 Å². The van der Waals surface area contributed by atoms with Crippen LogP contribution >= 0.6 is 34.5 Å². The van der Waals surface area contributed by atoms with Crippen molar-refractivity contribution >= 4 is 34.5 Å². The van der Waals surface area contributed by atoms with Crippen LogP contribution < -0.4 is 11.3 Å². The molecule has 0 bridgehead atoms. The predicted octanol–water partition coefficient (Wildman–Crippen LogP) is 3.51. The molecule has 0 radical (unpaired) electrons. The fraction of sp³-hybridized carbons (Fsp3) is 0.250. The minimum atomic E-state index is 0.0356. The smallest absolute Gasteiger partial charge is 0.0897 e. The second-order valence-corrected chi connectivity index (χ2v) is 6.03. The maximum atomic E-state index is 6.00. The second-order valence-electron chi connectivity index (χ2n) is 3.95. The quantitative estimate of drug-likeness (QED) is 0.671. The molecule has 0 fully saturated rings. The molecule has 6 heteroatoms. The van der Waals surface area contributed by atoms with Gasteiger partial charge in [-0.1, -0.05) is 29.3 Å². The molecule has 1 aromatic heterocycles. The lowest BCUT2D eigenvalue weighted by atomic mass is 10.1. The number of halogens is 2. The second kappa shape index (κ2) is 5.99. The number of nitrogens with two attached hydrogens (primary N) is 1. The largest absolute Gasteiger partial charge is 0.271 e. The Bertz CT molecular complexity index is 542. The van der Waals surface area contributed by atoms with Crippen LogP contribution in [-0.2, 0) is 6.42 Å². The van der Waals surface area contributed by atoms with E-state index in [1.807, 2.05) is 25.3 Å². The van der Waals surface area contributed by atoms with Gasteiger partial charge in [0.1, 0.15) is 0 Å². The van der Waals surface area contributed by atoms with Crippen LogP contribution in [0.3, 0.4) is 0 Å². The fourth-order valence-electron chi connectivity index (χ4n) is 1.68. The van der Waals surface area contributed by atoms with Crippen molar-refractivity contribution in [3.05, 3.63) is 49.9 Å². The van der Waals surface area contributed by atoms with E-state index in [1.54, 1.807) is 17.4 Å². The molecule has 0 saturated heterocycles. The van der Waals surface area contributed by atoms with Crippen molar-refractivity contribution in [2.45, 2.75) is 19.4 Å². The van der Waals surface area contributed by atoms with Gasteiger partial charge >= 0.3 is 0 Å². The Morgan fingerprint density at radius 2 is 2.17 bits per heavy atom. The van der Waals surface area contributed by atoms with Crippen LogP contribution in [0.2, 0.25) is 10.0 Å². The van der Waals surface area contributed by atoms with E-state index in [4.69, 9.17) is 29.0 Å². The molecule has 2 rings (SSSR count). The number of aromatic nitrogens is 1. The standard InChI is InChI=1S/C12H13Cl2N3S/c1-7-16-6-12(18-7)11(17-15)5-8-2-3-9(13)10(14)4-8/h2-4,6,11,17H,5,15H2,1H3. The molecular weight excluding hydrogens is 289 g/mol. The van der Waals surface area contributed by atoms with Crippen molar-refractivity contribution in [3.8, 4) is 0 Å². The maximum absolute atomic E-state index is 6.00. The third kappa shape index (κ3) is 3.22. The fourth-order valence-corrected chi connectivity index (χ4v) is 2.85. The predicted molar refractivity (Wildman–Crippen MR) is 77.1 cm³/mol. The number of benzene rings is 1. The molecule has 96 valence electrons. The zero-order valence-electron chi connectivity index (χ0n) is 9.78. The van der Waals surface area contributed by atoms with Crippen molar-refractivity contribution in [1.82, 2.24) is 10.4 Å². The van der Waals surface area contributed by atoms with Crippen LogP contribution in [-0.4, -0.2) is 4.98 Å². The van der Waals surface area contributed by atoms with Gasteiger partial charge in [0.25, 0.3) is 0 Å². The molecule has 0 aliphatic carbocycles. The highest BCUT2D eigenvalue weighted by molar-refractivity contribution is 7.11. The number of hydrogen-bond acceptors (Lipinski definition) is 4. The summed E-state index contributed by atoms with van der Waals surface area (Å²) in [5.74, 6) is 5.60. The summed E-state index contributed by atoms with van der Waals surface area (Å²) in [6, 6.07) is 5.65. The van der Waals surface area contributed by atoms with E-state index in [1.165, 1.54) is 0 Å². The average molecular weight is 302 g/mol. The normalized spacial score (nSPS) is 12.7. The van der Waals surface area contributed by atoms with Gasteiger partial charge in [-0.15, -0.1) is 11.3 Å². The molecular formula is C12H13Cl2N3S. The van der Waals surface area contributed by atoms with Crippen molar-refractivity contribution in [1.29, 1.82) is 0 Å². The van der Waals surface area contributed by atoms with Gasteiger partial charge in [0, 0.05) is 11.1 Å². The third-order valence-corrected chi connectivity index (χ3v) is 4.37. The number of hydrogen-bond donors (Lipinski definition) is 2. The monoisotopic (exact) mass is 301 g/mol. The van der Waals surface area contributed by atoms with E-state index in [2.05, 4.69) is 10.4 Å². The van der Waals surface area contributed by atoms with Gasteiger partial charge in [-0.25, -0.2) is 4.98 Å². The van der Waals surface area contributed by atoms with Crippen LogP contribution in [0.5, 0.6) is 0 Å².